The molecule has 2 aromatic carbocycles. The molecule has 6 rings (SSSR count). The molecule has 27 heteroatoms. The Bertz CT molecular complexity index is 3390. The first kappa shape index (κ1) is 68.2. The summed E-state index contributed by atoms with van der Waals surface area (Å²) in [6.07, 6.45) is 22.7. The highest BCUT2D eigenvalue weighted by molar-refractivity contribution is 7.86. The number of aromatic nitrogens is 3. The average Bonchev–Trinajstić information content (AvgIpc) is 1.64. The van der Waals surface area contributed by atoms with E-state index in [4.69, 9.17) is 9.39 Å². The summed E-state index contributed by atoms with van der Waals surface area (Å²) >= 11 is 0. The molecule has 470 valence electrons. The van der Waals surface area contributed by atoms with Gasteiger partial charge in [-0.3, -0.25) is 28.0 Å². The Labute approximate surface area is 505 Å². The monoisotopic (exact) mass is 1250 g/mol. The van der Waals surface area contributed by atoms with E-state index in [1.54, 1.807) is 6.07 Å². The van der Waals surface area contributed by atoms with Crippen molar-refractivity contribution < 1.29 is 67.5 Å². The van der Waals surface area contributed by atoms with E-state index >= 15 is 0 Å². The number of hydroxylamine groups is 2. The summed E-state index contributed by atoms with van der Waals surface area (Å²) in [4.78, 5) is 68.5. The van der Waals surface area contributed by atoms with Crippen LogP contribution in [0.1, 0.15) is 148 Å². The maximum Gasteiger partial charge on any atom is 0.333 e. The third kappa shape index (κ3) is 20.4. The van der Waals surface area contributed by atoms with Crippen molar-refractivity contribution in [1.82, 2.24) is 25.3 Å². The Balaban J connectivity index is 0.985. The normalized spacial score (nSPS) is 17.4. The van der Waals surface area contributed by atoms with Crippen molar-refractivity contribution in [2.45, 2.75) is 153 Å². The first-order valence-electron chi connectivity index (χ1n) is 29.4. The molecule has 3 aromatic rings. The van der Waals surface area contributed by atoms with Crippen LogP contribution in [0.4, 0.5) is 29.2 Å². The van der Waals surface area contributed by atoms with Gasteiger partial charge in [-0.2, -0.15) is 44.8 Å². The van der Waals surface area contributed by atoms with Crippen molar-refractivity contribution in [2.24, 2.45) is 0 Å². The summed E-state index contributed by atoms with van der Waals surface area (Å²) < 4.78 is 100. The molecule has 0 bridgehead atoms. The van der Waals surface area contributed by atoms with Crippen LogP contribution in [-0.2, 0) is 65.2 Å². The lowest BCUT2D eigenvalue weighted by Crippen LogP contribution is -2.31. The van der Waals surface area contributed by atoms with E-state index in [0.717, 1.165) is 50.0 Å². The van der Waals surface area contributed by atoms with Crippen LogP contribution < -0.4 is 26.2 Å². The molecule has 3 aliphatic heterocycles. The van der Waals surface area contributed by atoms with Gasteiger partial charge in [0.1, 0.15) is 6.54 Å². The molecule has 3 aliphatic rings. The standard InChI is InChI=1S/C59H82N10O14S3/c1-5-6-39-68-47-25-17-16-24-45(47)59(4,50(68)27-13-9-7-8-12-26-49-58(2,3)46-43-44(86(80,81)82)30-31-48(46)67(49)40-20-21-41-84(74,75)76)34-18-10-14-28-51(70)60-36-22-37-62-56-64-55(65-57(66-56)63-38-23-42-85(77,78)79)61-35-19-11-15-29-54(73)83-69-52(71)32-33-53(69)72/h7-9,12-13,16-17,24-27,30-31,43H,5-6,10-11,14-15,18-23,28-29,32-42H2,1-4H3,(H6-,60,61,62,63,64,65,66,70,74,75,76,77,78,79,80,81,82)/p+1. The highest BCUT2D eigenvalue weighted by Crippen LogP contribution is 2.49. The minimum atomic E-state index is -4.46. The van der Waals surface area contributed by atoms with Gasteiger partial charge in [-0.05, 0) is 88.1 Å². The van der Waals surface area contributed by atoms with Crippen LogP contribution in [-0.4, -0.2) is 144 Å². The number of benzene rings is 2. The van der Waals surface area contributed by atoms with E-state index in [1.165, 1.54) is 29.1 Å². The predicted molar refractivity (Wildman–Crippen MR) is 329 cm³/mol. The van der Waals surface area contributed by atoms with Gasteiger partial charge in [-0.25, -0.2) is 4.79 Å². The average molecular weight is 1250 g/mol. The Morgan fingerprint density at radius 2 is 1.28 bits per heavy atom. The van der Waals surface area contributed by atoms with Crippen LogP contribution >= 0.6 is 0 Å². The van der Waals surface area contributed by atoms with Crippen molar-refractivity contribution in [3.05, 3.63) is 102 Å². The minimum absolute atomic E-state index is 0.0198. The molecule has 7 N–H and O–H groups in total. The molecular weight excluding hydrogens is 1170 g/mol. The second kappa shape index (κ2) is 31.7. The van der Waals surface area contributed by atoms with Gasteiger partial charge >= 0.3 is 5.97 Å². The fourth-order valence-corrected chi connectivity index (χ4v) is 12.2. The largest absolute Gasteiger partial charge is 0.356 e. The molecule has 0 saturated carbocycles. The molecule has 0 radical (unpaired) electrons. The van der Waals surface area contributed by atoms with Gasteiger partial charge in [0.2, 0.25) is 29.4 Å². The lowest BCUT2D eigenvalue weighted by Gasteiger charge is -2.27. The quantitative estimate of drug-likeness (QED) is 0.00941. The number of hydrogen-bond donors (Lipinski definition) is 7. The molecule has 1 atom stereocenters. The Kier molecular flexibility index (Phi) is 25.1. The second-order valence-electron chi connectivity index (χ2n) is 22.2. The molecular formula is C59H83N10O14S3+. The summed E-state index contributed by atoms with van der Waals surface area (Å²) in [6, 6.07) is 13.0. The van der Waals surface area contributed by atoms with Crippen LogP contribution in [0.25, 0.3) is 0 Å². The smallest absolute Gasteiger partial charge is 0.333 e. The number of amides is 3. The number of anilines is 4. The zero-order valence-corrected chi connectivity index (χ0v) is 52.0. The molecule has 86 heavy (non-hydrogen) atoms. The number of allylic oxidation sites excluding steroid dienone is 8. The third-order valence-electron chi connectivity index (χ3n) is 15.1. The fourth-order valence-electron chi connectivity index (χ4n) is 10.6. The highest BCUT2D eigenvalue weighted by atomic mass is 32.2. The molecule has 1 aromatic heterocycles. The maximum absolute atomic E-state index is 13.0. The SMILES string of the molecule is CCCC[N+]1=C(/C=C/C=C/C=C/C=C2/N(CCCCS(=O)(=O)O)c3ccc(S(=O)(=O)O)cc3C2(C)C)C(C)(CCCCCC(=O)NCCCNc2nc(NCCCCCC(=O)ON3C(=O)CCC3=O)nc(NCCCS(=O)(=O)O)n2)c2ccccc21. The van der Waals surface area contributed by atoms with Crippen molar-refractivity contribution >= 4 is 89.0 Å². The first-order chi connectivity index (χ1) is 40.8. The first-order valence-corrected chi connectivity index (χ1v) is 34.0. The number of fused-ring (bicyclic) bond motifs is 2. The molecule has 1 fully saturated rings. The van der Waals surface area contributed by atoms with Crippen molar-refractivity contribution in [1.29, 1.82) is 0 Å². The van der Waals surface area contributed by atoms with E-state index < -0.39 is 59.3 Å². The molecule has 3 amide bonds. The summed E-state index contributed by atoms with van der Waals surface area (Å²) in [5.74, 6) is -1.94. The number of para-hydroxylation sites is 1. The fraction of sp³-hybridized carbons (Fsp3) is 0.525. The number of nitrogens with zero attached hydrogens (tertiary/aromatic N) is 6. The molecule has 24 nitrogen and oxygen atoms in total. The van der Waals surface area contributed by atoms with Gasteiger partial charge in [-0.1, -0.05) is 95.0 Å². The second-order valence-corrected chi connectivity index (χ2v) is 26.8. The van der Waals surface area contributed by atoms with Crippen molar-refractivity contribution in [2.75, 3.05) is 71.6 Å². The van der Waals surface area contributed by atoms with Gasteiger partial charge in [-0.15, -0.1) is 5.06 Å². The van der Waals surface area contributed by atoms with Gasteiger partial charge in [0.05, 0.1) is 21.8 Å². The number of rotatable bonds is 37. The van der Waals surface area contributed by atoms with Crippen molar-refractivity contribution in [3.8, 4) is 0 Å². The summed E-state index contributed by atoms with van der Waals surface area (Å²) in [7, 11) is -12.7. The lowest BCUT2D eigenvalue weighted by molar-refractivity contribution is -0.438. The number of carbonyl (C=O) groups excluding carboxylic acids is 4. The van der Waals surface area contributed by atoms with Crippen LogP contribution in [0.3, 0.4) is 0 Å². The van der Waals surface area contributed by atoms with Crippen LogP contribution in [0.5, 0.6) is 0 Å². The summed E-state index contributed by atoms with van der Waals surface area (Å²) in [5.41, 5.74) is 5.00. The maximum atomic E-state index is 13.0. The zero-order valence-electron chi connectivity index (χ0n) is 49.5. The van der Waals surface area contributed by atoms with E-state index in [2.05, 4.69) is 85.0 Å². The van der Waals surface area contributed by atoms with Gasteiger partial charge in [0.15, 0.2) is 5.71 Å². The van der Waals surface area contributed by atoms with E-state index in [9.17, 15) is 53.5 Å². The summed E-state index contributed by atoms with van der Waals surface area (Å²) in [6.45, 7) is 11.1. The topological polar surface area (TPSA) is 337 Å². The van der Waals surface area contributed by atoms with Crippen LogP contribution in [0.15, 0.2) is 95.6 Å². The van der Waals surface area contributed by atoms with E-state index in [-0.39, 0.29) is 78.5 Å². The van der Waals surface area contributed by atoms with E-state index in [1.807, 2.05) is 55.2 Å². The predicted octanol–water partition coefficient (Wildman–Crippen LogP) is 8.13. The van der Waals surface area contributed by atoms with Gasteiger partial charge < -0.3 is 31.0 Å². The molecule has 1 unspecified atom stereocenters. The highest BCUT2D eigenvalue weighted by Gasteiger charge is 2.47. The van der Waals surface area contributed by atoms with Gasteiger partial charge in [0.25, 0.3) is 42.2 Å². The number of unbranched alkanes of at least 4 members (excludes halogenated alkanes) is 6. The Morgan fingerprint density at radius 3 is 1.94 bits per heavy atom. The Morgan fingerprint density at radius 1 is 0.674 bits per heavy atom. The molecule has 1 saturated heterocycles. The third-order valence-corrected chi connectivity index (χ3v) is 17.6. The van der Waals surface area contributed by atoms with Crippen LogP contribution in [0, 0.1) is 0 Å². The van der Waals surface area contributed by atoms with Crippen LogP contribution in [0.2, 0.25) is 0 Å². The molecule has 0 aliphatic carbocycles. The minimum Gasteiger partial charge on any atom is -0.356 e. The number of nitrogens with one attached hydrogen (secondary N) is 4. The van der Waals surface area contributed by atoms with E-state index in [0.29, 0.717) is 81.8 Å². The lowest BCUT2D eigenvalue weighted by atomic mass is 9.75. The number of imide groups is 1. The number of hydrogen-bond acceptors (Lipinski definition) is 18. The van der Waals surface area contributed by atoms with Gasteiger partial charge in [0, 0.05) is 99.3 Å². The molecule has 4 heterocycles. The number of carbonyl (C=O) groups is 4. The van der Waals surface area contributed by atoms with Crippen molar-refractivity contribution in [3.63, 3.8) is 0 Å². The Hall–Kier alpha value is -6.91. The summed E-state index contributed by atoms with van der Waals surface area (Å²) in [5, 5.41) is 12.8. The molecule has 0 spiro atoms. The zero-order chi connectivity index (χ0) is 62.5.